The predicted molar refractivity (Wildman–Crippen MR) is 126 cm³/mol. The molecule has 0 saturated heterocycles. The van der Waals surface area contributed by atoms with E-state index in [9.17, 15) is 9.59 Å². The van der Waals surface area contributed by atoms with Gasteiger partial charge in [0.25, 0.3) is 11.8 Å². The van der Waals surface area contributed by atoms with Crippen molar-refractivity contribution in [2.75, 3.05) is 13.7 Å². The van der Waals surface area contributed by atoms with Gasteiger partial charge in [0.15, 0.2) is 11.5 Å². The molecule has 0 fully saturated rings. The van der Waals surface area contributed by atoms with Crippen molar-refractivity contribution in [3.63, 3.8) is 0 Å². The first-order chi connectivity index (χ1) is 15.0. The van der Waals surface area contributed by atoms with E-state index in [2.05, 4.69) is 27.7 Å². The van der Waals surface area contributed by atoms with Crippen LogP contribution in [0.1, 0.15) is 44.3 Å². The average Bonchev–Trinajstić information content (AvgIpc) is 3.20. The van der Waals surface area contributed by atoms with Gasteiger partial charge in [0, 0.05) is 5.39 Å². The van der Waals surface area contributed by atoms with Crippen LogP contribution in [-0.2, 0) is 12.8 Å². The Balaban J connectivity index is 1.54. The lowest BCUT2D eigenvalue weighted by Gasteiger charge is -2.23. The summed E-state index contributed by atoms with van der Waals surface area (Å²) in [5.41, 5.74) is 4.14. The van der Waals surface area contributed by atoms with E-state index < -0.39 is 11.8 Å². The van der Waals surface area contributed by atoms with Gasteiger partial charge in [-0.25, -0.2) is 0 Å². The molecule has 1 heterocycles. The van der Waals surface area contributed by atoms with Crippen molar-refractivity contribution in [1.29, 1.82) is 0 Å². The van der Waals surface area contributed by atoms with E-state index in [1.807, 2.05) is 37.3 Å². The SMILES string of the molecule is CCOc1c(I)cc(C=NN2C(=O)c3ccc4c5c(ccc(c35)C2=O)CC4)cc1OC. The molecule has 3 aromatic rings. The summed E-state index contributed by atoms with van der Waals surface area (Å²) in [6.45, 7) is 2.43. The smallest absolute Gasteiger partial charge is 0.282 e. The van der Waals surface area contributed by atoms with Gasteiger partial charge in [0.1, 0.15) is 0 Å². The summed E-state index contributed by atoms with van der Waals surface area (Å²) in [6.07, 6.45) is 3.38. The zero-order valence-electron chi connectivity index (χ0n) is 17.1. The number of carbonyl (C=O) groups excluding carboxylic acids is 2. The lowest BCUT2D eigenvalue weighted by molar-refractivity contribution is 0.0616. The molecule has 0 radical (unpaired) electrons. The summed E-state index contributed by atoms with van der Waals surface area (Å²) < 4.78 is 11.9. The third-order valence-corrected chi connectivity index (χ3v) is 6.51. The molecule has 0 bridgehead atoms. The molecule has 7 heteroatoms. The molecular formula is C24H19IN2O4. The number of rotatable bonds is 5. The maximum Gasteiger partial charge on any atom is 0.282 e. The van der Waals surface area contributed by atoms with Crippen LogP contribution in [-0.4, -0.2) is 36.8 Å². The van der Waals surface area contributed by atoms with Crippen molar-refractivity contribution in [2.45, 2.75) is 19.8 Å². The van der Waals surface area contributed by atoms with Gasteiger partial charge in [0.05, 0.1) is 34.6 Å². The fraction of sp³-hybridized carbons (Fsp3) is 0.208. The number of amides is 2. The number of benzene rings is 3. The van der Waals surface area contributed by atoms with E-state index in [0.717, 1.165) is 32.2 Å². The number of methoxy groups -OCH3 is 1. The fourth-order valence-electron chi connectivity index (χ4n) is 4.33. The number of carbonyl (C=O) groups is 2. The Bertz CT molecular complexity index is 1240. The van der Waals surface area contributed by atoms with E-state index in [0.29, 0.717) is 34.8 Å². The molecule has 5 rings (SSSR count). The van der Waals surface area contributed by atoms with Crippen LogP contribution >= 0.6 is 22.6 Å². The zero-order chi connectivity index (χ0) is 21.7. The highest BCUT2D eigenvalue weighted by molar-refractivity contribution is 14.1. The van der Waals surface area contributed by atoms with Gasteiger partial charge in [-0.1, -0.05) is 12.1 Å². The summed E-state index contributed by atoms with van der Waals surface area (Å²) in [5, 5.41) is 7.04. The molecule has 156 valence electrons. The number of nitrogens with zero attached hydrogens (tertiary/aromatic N) is 2. The minimum atomic E-state index is -0.406. The van der Waals surface area contributed by atoms with Crippen LogP contribution < -0.4 is 9.47 Å². The van der Waals surface area contributed by atoms with Crippen LogP contribution in [0.5, 0.6) is 11.5 Å². The third-order valence-electron chi connectivity index (χ3n) is 5.71. The molecule has 2 amide bonds. The summed E-state index contributed by atoms with van der Waals surface area (Å²) >= 11 is 2.16. The Morgan fingerprint density at radius 1 is 1.03 bits per heavy atom. The van der Waals surface area contributed by atoms with Crippen LogP contribution in [0.15, 0.2) is 41.5 Å². The first kappa shape index (κ1) is 20.0. The van der Waals surface area contributed by atoms with Gasteiger partial charge in [-0.2, -0.15) is 10.1 Å². The minimum absolute atomic E-state index is 0.406. The highest BCUT2D eigenvalue weighted by Gasteiger charge is 2.35. The van der Waals surface area contributed by atoms with Crippen LogP contribution in [0.25, 0.3) is 10.8 Å². The van der Waals surface area contributed by atoms with Crippen LogP contribution in [0, 0.1) is 3.57 Å². The molecule has 0 atom stereocenters. The Morgan fingerprint density at radius 3 is 2.26 bits per heavy atom. The van der Waals surface area contributed by atoms with Crippen LogP contribution in [0.2, 0.25) is 0 Å². The third kappa shape index (κ3) is 3.10. The highest BCUT2D eigenvalue weighted by Crippen LogP contribution is 2.38. The first-order valence-electron chi connectivity index (χ1n) is 10.0. The van der Waals surface area contributed by atoms with Gasteiger partial charge < -0.3 is 9.47 Å². The molecule has 0 spiro atoms. The van der Waals surface area contributed by atoms with Crippen molar-refractivity contribution in [2.24, 2.45) is 5.10 Å². The standard InChI is InChI=1S/C24H19IN2O4/c1-3-31-22-18(25)10-13(11-19(22)30-2)12-26-27-23(28)16-8-6-14-4-5-15-7-9-17(24(27)29)21(16)20(14)15/h6-12H,3-5H2,1-2H3. The van der Waals surface area contributed by atoms with Crippen molar-refractivity contribution in [1.82, 2.24) is 5.01 Å². The van der Waals surface area contributed by atoms with Gasteiger partial charge in [0.2, 0.25) is 0 Å². The maximum absolute atomic E-state index is 13.2. The highest BCUT2D eigenvalue weighted by atomic mass is 127. The summed E-state index contributed by atoms with van der Waals surface area (Å²) in [5.74, 6) is 0.416. The second-order valence-electron chi connectivity index (χ2n) is 7.43. The van der Waals surface area contributed by atoms with Crippen molar-refractivity contribution >= 4 is 51.4 Å². The molecule has 6 nitrogen and oxygen atoms in total. The molecule has 0 saturated carbocycles. The van der Waals surface area contributed by atoms with Crippen molar-refractivity contribution < 1.29 is 19.1 Å². The number of hydrogen-bond donors (Lipinski definition) is 0. The molecule has 2 aliphatic rings. The molecular weight excluding hydrogens is 507 g/mol. The molecule has 0 aromatic heterocycles. The van der Waals surface area contributed by atoms with Gasteiger partial charge >= 0.3 is 0 Å². The first-order valence-corrected chi connectivity index (χ1v) is 11.1. The second kappa shape index (κ2) is 7.64. The fourth-order valence-corrected chi connectivity index (χ4v) is 5.11. The van der Waals surface area contributed by atoms with Gasteiger partial charge in [-0.15, -0.1) is 0 Å². The number of aryl methyl sites for hydroxylation is 2. The molecule has 1 aliphatic heterocycles. The minimum Gasteiger partial charge on any atom is -0.493 e. The van der Waals surface area contributed by atoms with E-state index >= 15 is 0 Å². The van der Waals surface area contributed by atoms with E-state index in [1.54, 1.807) is 13.2 Å². The Kier molecular flexibility index (Phi) is 4.92. The van der Waals surface area contributed by atoms with Gasteiger partial charge in [-0.05, 0) is 88.7 Å². The number of hydrogen-bond acceptors (Lipinski definition) is 5. The number of ether oxygens (including phenoxy) is 2. The molecule has 3 aromatic carbocycles. The molecule has 0 N–H and O–H groups in total. The summed E-state index contributed by atoms with van der Waals surface area (Å²) in [7, 11) is 1.57. The van der Waals surface area contributed by atoms with E-state index in [1.165, 1.54) is 17.3 Å². The van der Waals surface area contributed by atoms with E-state index in [4.69, 9.17) is 9.47 Å². The predicted octanol–water partition coefficient (Wildman–Crippen LogP) is 4.58. The number of imide groups is 1. The van der Waals surface area contributed by atoms with Crippen LogP contribution in [0.4, 0.5) is 0 Å². The Hall–Kier alpha value is -2.94. The summed E-state index contributed by atoms with van der Waals surface area (Å²) in [4.78, 5) is 26.3. The molecule has 0 unspecified atom stereocenters. The van der Waals surface area contributed by atoms with Crippen molar-refractivity contribution in [3.8, 4) is 11.5 Å². The lowest BCUT2D eigenvalue weighted by Crippen LogP contribution is -2.36. The quantitative estimate of drug-likeness (QED) is 0.278. The second-order valence-corrected chi connectivity index (χ2v) is 8.59. The topological polar surface area (TPSA) is 68.2 Å². The Morgan fingerprint density at radius 2 is 1.68 bits per heavy atom. The normalized spacial score (nSPS) is 14.7. The zero-order valence-corrected chi connectivity index (χ0v) is 19.2. The average molecular weight is 526 g/mol. The van der Waals surface area contributed by atoms with Crippen LogP contribution in [0.3, 0.4) is 0 Å². The lowest BCUT2D eigenvalue weighted by atomic mass is 9.92. The molecule has 1 aliphatic carbocycles. The largest absolute Gasteiger partial charge is 0.493 e. The maximum atomic E-state index is 13.2. The van der Waals surface area contributed by atoms with Crippen molar-refractivity contribution in [3.05, 3.63) is 67.8 Å². The monoisotopic (exact) mass is 526 g/mol. The number of halogens is 1. The number of hydrazone groups is 1. The molecule has 31 heavy (non-hydrogen) atoms. The Labute approximate surface area is 193 Å². The van der Waals surface area contributed by atoms with E-state index in [-0.39, 0.29) is 0 Å². The van der Waals surface area contributed by atoms with Gasteiger partial charge in [-0.3, -0.25) is 9.59 Å². The summed E-state index contributed by atoms with van der Waals surface area (Å²) in [6, 6.07) is 11.3.